The van der Waals surface area contributed by atoms with E-state index in [1.165, 1.54) is 0 Å². The van der Waals surface area contributed by atoms with Crippen LogP contribution in [0, 0.1) is 0 Å². The molecule has 2 N–H and O–H groups in total. The van der Waals surface area contributed by atoms with Crippen molar-refractivity contribution >= 4 is 16.8 Å². The van der Waals surface area contributed by atoms with Gasteiger partial charge < -0.3 is 15.2 Å². The number of fused-ring (bicyclic) bond motifs is 1. The van der Waals surface area contributed by atoms with Crippen molar-refractivity contribution in [3.8, 4) is 0 Å². The molecule has 0 bridgehead atoms. The zero-order valence-electron chi connectivity index (χ0n) is 10.9. The molecule has 0 radical (unpaired) electrons. The highest BCUT2D eigenvalue weighted by Crippen LogP contribution is 2.16. The van der Waals surface area contributed by atoms with Crippen LogP contribution in [-0.4, -0.2) is 43.0 Å². The summed E-state index contributed by atoms with van der Waals surface area (Å²) < 4.78 is 0. The molecule has 0 unspecified atom stereocenters. The lowest BCUT2D eigenvalue weighted by Gasteiger charge is -2.10. The molecule has 1 amide bonds. The largest absolute Gasteiger partial charge is 0.361 e. The minimum absolute atomic E-state index is 0.0122. The van der Waals surface area contributed by atoms with Gasteiger partial charge in [-0.1, -0.05) is 12.1 Å². The van der Waals surface area contributed by atoms with Crippen LogP contribution in [-0.2, 0) is 0 Å². The molecule has 0 aliphatic rings. The molecule has 0 spiro atoms. The lowest BCUT2D eigenvalue weighted by Crippen LogP contribution is -2.27. The Morgan fingerprint density at radius 1 is 1.33 bits per heavy atom. The molecule has 0 saturated heterocycles. The van der Waals surface area contributed by atoms with Gasteiger partial charge in [-0.25, -0.2) is 0 Å². The molecule has 18 heavy (non-hydrogen) atoms. The molecule has 2 rings (SSSR count). The van der Waals surface area contributed by atoms with Gasteiger partial charge >= 0.3 is 0 Å². The number of aromatic nitrogens is 1. The van der Waals surface area contributed by atoms with Gasteiger partial charge in [0.25, 0.3) is 5.91 Å². The minimum Gasteiger partial charge on any atom is -0.361 e. The van der Waals surface area contributed by atoms with E-state index < -0.39 is 0 Å². The first-order chi connectivity index (χ1) is 8.68. The van der Waals surface area contributed by atoms with Crippen molar-refractivity contribution in [1.29, 1.82) is 0 Å². The lowest BCUT2D eigenvalue weighted by atomic mass is 10.1. The third-order valence-electron chi connectivity index (χ3n) is 2.90. The van der Waals surface area contributed by atoms with Crippen LogP contribution in [0.5, 0.6) is 0 Å². The number of hydrogen-bond acceptors (Lipinski definition) is 2. The molecule has 0 aliphatic carbocycles. The first kappa shape index (κ1) is 12.6. The summed E-state index contributed by atoms with van der Waals surface area (Å²) in [6.45, 7) is 1.68. The number of carbonyl (C=O) groups is 1. The maximum atomic E-state index is 12.1. The average Bonchev–Trinajstić information content (AvgIpc) is 2.82. The summed E-state index contributed by atoms with van der Waals surface area (Å²) in [7, 11) is 4.06. The van der Waals surface area contributed by atoms with E-state index in [1.807, 2.05) is 44.6 Å². The zero-order chi connectivity index (χ0) is 13.0. The second-order valence-electron chi connectivity index (χ2n) is 4.66. The van der Waals surface area contributed by atoms with E-state index in [4.69, 9.17) is 0 Å². The van der Waals surface area contributed by atoms with Crippen LogP contribution in [0.4, 0.5) is 0 Å². The minimum atomic E-state index is -0.0122. The predicted octanol–water partition coefficient (Wildman–Crippen LogP) is 1.85. The van der Waals surface area contributed by atoms with Crippen LogP contribution in [0.15, 0.2) is 30.5 Å². The van der Waals surface area contributed by atoms with Crippen molar-refractivity contribution in [3.05, 3.63) is 36.0 Å². The molecule has 1 aromatic heterocycles. The highest BCUT2D eigenvalue weighted by molar-refractivity contribution is 6.05. The maximum absolute atomic E-state index is 12.1. The maximum Gasteiger partial charge on any atom is 0.253 e. The number of nitrogens with one attached hydrogen (secondary N) is 2. The summed E-state index contributed by atoms with van der Waals surface area (Å²) in [6, 6.07) is 7.72. The van der Waals surface area contributed by atoms with Crippen molar-refractivity contribution in [3.63, 3.8) is 0 Å². The summed E-state index contributed by atoms with van der Waals surface area (Å²) >= 11 is 0. The topological polar surface area (TPSA) is 48.1 Å². The molecule has 0 aliphatic heterocycles. The number of H-pyrrole nitrogens is 1. The smallest absolute Gasteiger partial charge is 0.253 e. The van der Waals surface area contributed by atoms with E-state index in [1.54, 1.807) is 0 Å². The van der Waals surface area contributed by atoms with E-state index in [0.717, 1.165) is 23.9 Å². The van der Waals surface area contributed by atoms with Gasteiger partial charge in [-0.2, -0.15) is 0 Å². The van der Waals surface area contributed by atoms with E-state index in [2.05, 4.69) is 15.2 Å². The van der Waals surface area contributed by atoms with Crippen LogP contribution in [0.1, 0.15) is 16.8 Å². The third kappa shape index (κ3) is 2.90. The van der Waals surface area contributed by atoms with Crippen molar-refractivity contribution in [1.82, 2.24) is 15.2 Å². The van der Waals surface area contributed by atoms with Crippen LogP contribution in [0.25, 0.3) is 10.9 Å². The Hall–Kier alpha value is -1.81. The number of aromatic amines is 1. The molecule has 96 valence electrons. The number of para-hydroxylation sites is 1. The van der Waals surface area contributed by atoms with Crippen LogP contribution >= 0.6 is 0 Å². The molecule has 0 atom stereocenters. The third-order valence-corrected chi connectivity index (χ3v) is 2.90. The quantitative estimate of drug-likeness (QED) is 0.790. The monoisotopic (exact) mass is 245 g/mol. The van der Waals surface area contributed by atoms with E-state index in [9.17, 15) is 4.79 Å². The Morgan fingerprint density at radius 2 is 2.17 bits per heavy atom. The normalized spacial score (nSPS) is 11.1. The summed E-state index contributed by atoms with van der Waals surface area (Å²) in [5.74, 6) is -0.0122. The number of carbonyl (C=O) groups excluding carboxylic acids is 1. The van der Waals surface area contributed by atoms with Crippen LogP contribution < -0.4 is 5.32 Å². The summed E-state index contributed by atoms with van der Waals surface area (Å²) in [6.07, 6.45) is 2.81. The van der Waals surface area contributed by atoms with Gasteiger partial charge in [0.15, 0.2) is 0 Å². The number of nitrogens with zero attached hydrogens (tertiary/aromatic N) is 1. The Kier molecular flexibility index (Phi) is 3.99. The predicted molar refractivity (Wildman–Crippen MR) is 73.8 cm³/mol. The van der Waals surface area contributed by atoms with Crippen LogP contribution in [0.2, 0.25) is 0 Å². The first-order valence-corrected chi connectivity index (χ1v) is 6.17. The van der Waals surface area contributed by atoms with Gasteiger partial charge in [0, 0.05) is 18.1 Å². The molecule has 1 heterocycles. The first-order valence-electron chi connectivity index (χ1n) is 6.17. The molecule has 0 saturated carbocycles. The Balaban J connectivity index is 1.98. The van der Waals surface area contributed by atoms with Gasteiger partial charge in [-0.05, 0) is 39.2 Å². The highest BCUT2D eigenvalue weighted by atomic mass is 16.1. The molecular weight excluding hydrogens is 226 g/mol. The zero-order valence-corrected chi connectivity index (χ0v) is 10.9. The average molecular weight is 245 g/mol. The molecule has 4 nitrogen and oxygen atoms in total. The van der Waals surface area contributed by atoms with Crippen molar-refractivity contribution in [2.75, 3.05) is 27.2 Å². The SMILES string of the molecule is CN(C)CCCNC(=O)c1cccc2cc[nH]c12. The van der Waals surface area contributed by atoms with Gasteiger partial charge in [-0.3, -0.25) is 4.79 Å². The number of rotatable bonds is 5. The van der Waals surface area contributed by atoms with E-state index >= 15 is 0 Å². The Morgan fingerprint density at radius 3 is 2.94 bits per heavy atom. The Bertz CT molecular complexity index is 531. The second-order valence-corrected chi connectivity index (χ2v) is 4.66. The van der Waals surface area contributed by atoms with E-state index in [0.29, 0.717) is 12.1 Å². The summed E-state index contributed by atoms with van der Waals surface area (Å²) in [5.41, 5.74) is 1.62. The van der Waals surface area contributed by atoms with Gasteiger partial charge in [-0.15, -0.1) is 0 Å². The van der Waals surface area contributed by atoms with Crippen LogP contribution in [0.3, 0.4) is 0 Å². The lowest BCUT2D eigenvalue weighted by molar-refractivity contribution is 0.0954. The van der Waals surface area contributed by atoms with E-state index in [-0.39, 0.29) is 5.91 Å². The Labute approximate surface area is 107 Å². The fraction of sp³-hybridized carbons (Fsp3) is 0.357. The van der Waals surface area contributed by atoms with Gasteiger partial charge in [0.05, 0.1) is 11.1 Å². The standard InChI is InChI=1S/C14H19N3O/c1-17(2)10-4-8-16-14(18)12-6-3-5-11-7-9-15-13(11)12/h3,5-7,9,15H,4,8,10H2,1-2H3,(H,16,18). The second kappa shape index (κ2) is 5.69. The number of amides is 1. The van der Waals surface area contributed by atoms with Crippen molar-refractivity contribution in [2.45, 2.75) is 6.42 Å². The number of hydrogen-bond donors (Lipinski definition) is 2. The molecule has 0 fully saturated rings. The molecule has 4 heteroatoms. The number of benzene rings is 1. The van der Waals surface area contributed by atoms with Gasteiger partial charge in [0.1, 0.15) is 0 Å². The van der Waals surface area contributed by atoms with Gasteiger partial charge in [0.2, 0.25) is 0 Å². The fourth-order valence-corrected chi connectivity index (χ4v) is 1.97. The molecule has 1 aromatic carbocycles. The summed E-state index contributed by atoms with van der Waals surface area (Å²) in [5, 5.41) is 4.02. The van der Waals surface area contributed by atoms with Crippen molar-refractivity contribution < 1.29 is 4.79 Å². The highest BCUT2D eigenvalue weighted by Gasteiger charge is 2.09. The molecule has 2 aromatic rings. The molecular formula is C14H19N3O. The van der Waals surface area contributed by atoms with Crippen molar-refractivity contribution in [2.24, 2.45) is 0 Å². The summed E-state index contributed by atoms with van der Waals surface area (Å²) in [4.78, 5) is 17.3. The fourth-order valence-electron chi connectivity index (χ4n) is 1.97.